The number of amides is 1. The number of rotatable bonds is 4. The van der Waals surface area contributed by atoms with Gasteiger partial charge in [-0.1, -0.05) is 30.3 Å². The number of para-hydroxylation sites is 1. The van der Waals surface area contributed by atoms with Gasteiger partial charge in [-0.15, -0.1) is 0 Å². The van der Waals surface area contributed by atoms with Crippen LogP contribution in [0.4, 0.5) is 0 Å². The second-order valence-electron chi connectivity index (χ2n) is 6.70. The molecule has 0 atom stereocenters. The molecule has 1 heterocycles. The highest BCUT2D eigenvalue weighted by Crippen LogP contribution is 2.28. The number of benzene rings is 2. The van der Waals surface area contributed by atoms with Crippen molar-refractivity contribution in [1.29, 1.82) is 0 Å². The van der Waals surface area contributed by atoms with Gasteiger partial charge in [0.2, 0.25) is 0 Å². The predicted molar refractivity (Wildman–Crippen MR) is 99.5 cm³/mol. The molecule has 1 aliphatic rings. The lowest BCUT2D eigenvalue weighted by molar-refractivity contribution is 0.0777. The van der Waals surface area contributed by atoms with E-state index in [1.165, 1.54) is 0 Å². The van der Waals surface area contributed by atoms with E-state index in [-0.39, 0.29) is 11.7 Å². The maximum Gasteiger partial charge on any atom is 0.274 e. The zero-order valence-corrected chi connectivity index (χ0v) is 14.7. The number of hydrogen-bond donors (Lipinski definition) is 1. The lowest BCUT2D eigenvalue weighted by atomic mass is 10.1. The van der Waals surface area contributed by atoms with E-state index in [2.05, 4.69) is 5.10 Å². The van der Waals surface area contributed by atoms with E-state index >= 15 is 0 Å². The number of phenols is 1. The van der Waals surface area contributed by atoms with Gasteiger partial charge in [-0.3, -0.25) is 4.79 Å². The fraction of sp³-hybridized carbons (Fsp3) is 0.238. The van der Waals surface area contributed by atoms with Gasteiger partial charge in [0.05, 0.1) is 5.69 Å². The number of nitrogens with zero attached hydrogens (tertiary/aromatic N) is 3. The minimum Gasteiger partial charge on any atom is -0.508 e. The molecule has 1 aromatic heterocycles. The molecular formula is C21H21N3O2. The van der Waals surface area contributed by atoms with Gasteiger partial charge in [-0.2, -0.15) is 5.10 Å². The Morgan fingerprint density at radius 3 is 2.58 bits per heavy atom. The first-order valence-corrected chi connectivity index (χ1v) is 8.83. The van der Waals surface area contributed by atoms with Crippen LogP contribution in [-0.2, 0) is 19.4 Å². The summed E-state index contributed by atoms with van der Waals surface area (Å²) in [5.74, 6) is 0.160. The van der Waals surface area contributed by atoms with Crippen LogP contribution < -0.4 is 0 Å². The third kappa shape index (κ3) is 2.96. The van der Waals surface area contributed by atoms with Crippen molar-refractivity contribution in [2.24, 2.45) is 0 Å². The monoisotopic (exact) mass is 347 g/mol. The third-order valence-corrected chi connectivity index (χ3v) is 4.84. The molecule has 5 nitrogen and oxygen atoms in total. The van der Waals surface area contributed by atoms with Crippen molar-refractivity contribution in [1.82, 2.24) is 14.7 Å². The van der Waals surface area contributed by atoms with Crippen molar-refractivity contribution < 1.29 is 9.90 Å². The summed E-state index contributed by atoms with van der Waals surface area (Å²) in [6.45, 7) is 0.478. The minimum absolute atomic E-state index is 0.0640. The Morgan fingerprint density at radius 1 is 1.12 bits per heavy atom. The fourth-order valence-corrected chi connectivity index (χ4v) is 3.52. The molecule has 0 saturated heterocycles. The van der Waals surface area contributed by atoms with E-state index in [9.17, 15) is 9.90 Å². The van der Waals surface area contributed by atoms with Crippen LogP contribution in [0, 0.1) is 0 Å². The van der Waals surface area contributed by atoms with Gasteiger partial charge in [-0.05, 0) is 49.1 Å². The van der Waals surface area contributed by atoms with E-state index in [0.29, 0.717) is 12.2 Å². The first kappa shape index (κ1) is 16.4. The Bertz CT molecular complexity index is 930. The Balaban J connectivity index is 1.63. The molecule has 2 aromatic carbocycles. The summed E-state index contributed by atoms with van der Waals surface area (Å²) in [7, 11) is 1.79. The van der Waals surface area contributed by atoms with Crippen molar-refractivity contribution in [2.75, 3.05) is 7.05 Å². The molecule has 1 amide bonds. The van der Waals surface area contributed by atoms with Gasteiger partial charge in [0, 0.05) is 24.8 Å². The molecule has 26 heavy (non-hydrogen) atoms. The van der Waals surface area contributed by atoms with Gasteiger partial charge in [-0.25, -0.2) is 4.68 Å². The second-order valence-corrected chi connectivity index (χ2v) is 6.70. The lowest BCUT2D eigenvalue weighted by Crippen LogP contribution is -2.27. The number of hydrogen-bond acceptors (Lipinski definition) is 3. The van der Waals surface area contributed by atoms with Crippen LogP contribution in [-0.4, -0.2) is 32.7 Å². The summed E-state index contributed by atoms with van der Waals surface area (Å²) in [6, 6.07) is 16.9. The maximum atomic E-state index is 13.0. The van der Waals surface area contributed by atoms with Crippen LogP contribution >= 0.6 is 0 Å². The number of aromatic hydroxyl groups is 1. The van der Waals surface area contributed by atoms with Crippen LogP contribution in [0.5, 0.6) is 5.75 Å². The van der Waals surface area contributed by atoms with Gasteiger partial charge in [0.15, 0.2) is 5.69 Å². The average Bonchev–Trinajstić information content (AvgIpc) is 3.26. The molecule has 0 fully saturated rings. The van der Waals surface area contributed by atoms with Gasteiger partial charge in [0.25, 0.3) is 5.91 Å². The molecule has 0 bridgehead atoms. The van der Waals surface area contributed by atoms with Crippen LogP contribution in [0.2, 0.25) is 0 Å². The molecule has 0 radical (unpaired) electrons. The molecule has 5 heteroatoms. The maximum absolute atomic E-state index is 13.0. The SMILES string of the molecule is CN(Cc1ccc(O)cc1)C(=O)c1nn(-c2ccccc2)c2c1CCC2. The highest BCUT2D eigenvalue weighted by atomic mass is 16.3. The smallest absolute Gasteiger partial charge is 0.274 e. The summed E-state index contributed by atoms with van der Waals surface area (Å²) in [6.07, 6.45) is 2.91. The zero-order chi connectivity index (χ0) is 18.1. The van der Waals surface area contributed by atoms with E-state index in [4.69, 9.17) is 0 Å². The number of carbonyl (C=O) groups is 1. The topological polar surface area (TPSA) is 58.4 Å². The zero-order valence-electron chi connectivity index (χ0n) is 14.7. The Morgan fingerprint density at radius 2 is 1.85 bits per heavy atom. The number of carbonyl (C=O) groups excluding carboxylic acids is 1. The van der Waals surface area contributed by atoms with Gasteiger partial charge in [0.1, 0.15) is 5.75 Å². The van der Waals surface area contributed by atoms with Crippen molar-refractivity contribution in [3.63, 3.8) is 0 Å². The number of fused-ring (bicyclic) bond motifs is 1. The second kappa shape index (κ2) is 6.67. The van der Waals surface area contributed by atoms with Crippen LogP contribution in [0.15, 0.2) is 54.6 Å². The summed E-state index contributed by atoms with van der Waals surface area (Å²) >= 11 is 0. The molecule has 0 unspecified atom stereocenters. The number of aromatic nitrogens is 2. The Kier molecular flexibility index (Phi) is 4.21. The standard InChI is InChI=1S/C21H21N3O2/c1-23(14-15-10-12-17(25)13-11-15)21(26)20-18-8-5-9-19(18)24(22-20)16-6-3-2-4-7-16/h2-4,6-7,10-13,25H,5,8-9,14H2,1H3. The van der Waals surface area contributed by atoms with Crippen LogP contribution in [0.3, 0.4) is 0 Å². The minimum atomic E-state index is -0.0640. The molecule has 0 aliphatic heterocycles. The molecule has 132 valence electrons. The van der Waals surface area contributed by atoms with E-state index in [1.54, 1.807) is 24.1 Å². The summed E-state index contributed by atoms with van der Waals surface area (Å²) < 4.78 is 1.92. The third-order valence-electron chi connectivity index (χ3n) is 4.84. The Hall–Kier alpha value is -3.08. The van der Waals surface area contributed by atoms with Crippen molar-refractivity contribution in [3.05, 3.63) is 77.1 Å². The van der Waals surface area contributed by atoms with Crippen molar-refractivity contribution >= 4 is 5.91 Å². The molecule has 0 saturated carbocycles. The van der Waals surface area contributed by atoms with Crippen LogP contribution in [0.1, 0.15) is 33.7 Å². The normalized spacial score (nSPS) is 12.8. The highest BCUT2D eigenvalue weighted by Gasteiger charge is 2.28. The molecule has 4 rings (SSSR count). The molecule has 1 aliphatic carbocycles. The summed E-state index contributed by atoms with van der Waals surface area (Å²) in [5.41, 5.74) is 4.75. The summed E-state index contributed by atoms with van der Waals surface area (Å²) in [5, 5.41) is 14.1. The highest BCUT2D eigenvalue weighted by molar-refractivity contribution is 5.94. The summed E-state index contributed by atoms with van der Waals surface area (Å²) in [4.78, 5) is 14.7. The molecule has 0 spiro atoms. The number of phenolic OH excluding ortho intramolecular Hbond substituents is 1. The average molecular weight is 347 g/mol. The molecule has 1 N–H and O–H groups in total. The predicted octanol–water partition coefficient (Wildman–Crippen LogP) is 3.34. The van der Waals surface area contributed by atoms with E-state index < -0.39 is 0 Å². The van der Waals surface area contributed by atoms with Crippen molar-refractivity contribution in [2.45, 2.75) is 25.8 Å². The van der Waals surface area contributed by atoms with E-state index in [0.717, 1.165) is 41.8 Å². The molecular weight excluding hydrogens is 326 g/mol. The molecule has 3 aromatic rings. The first-order valence-electron chi connectivity index (χ1n) is 8.83. The first-order chi connectivity index (χ1) is 12.6. The van der Waals surface area contributed by atoms with Gasteiger partial charge >= 0.3 is 0 Å². The lowest BCUT2D eigenvalue weighted by Gasteiger charge is -2.16. The van der Waals surface area contributed by atoms with Crippen LogP contribution in [0.25, 0.3) is 5.69 Å². The largest absolute Gasteiger partial charge is 0.508 e. The Labute approximate surface area is 152 Å². The fourth-order valence-electron chi connectivity index (χ4n) is 3.52. The van der Waals surface area contributed by atoms with Gasteiger partial charge < -0.3 is 10.0 Å². The van der Waals surface area contributed by atoms with Crippen molar-refractivity contribution in [3.8, 4) is 11.4 Å². The quantitative estimate of drug-likeness (QED) is 0.787. The van der Waals surface area contributed by atoms with E-state index in [1.807, 2.05) is 47.1 Å².